The minimum atomic E-state index is -0.571. The summed E-state index contributed by atoms with van der Waals surface area (Å²) in [4.78, 5) is 19.2. The van der Waals surface area contributed by atoms with Crippen molar-refractivity contribution in [3.8, 4) is 22.9 Å². The number of hydrogen-bond acceptors (Lipinski definition) is 6. The summed E-state index contributed by atoms with van der Waals surface area (Å²) in [6.07, 6.45) is 1.75. The van der Waals surface area contributed by atoms with E-state index in [9.17, 15) is 9.90 Å². The number of aromatic hydroxyl groups is 1. The number of phenolic OH excluding ortho intramolecular Hbond substituents is 1. The second-order valence-electron chi connectivity index (χ2n) is 7.94. The maximum Gasteiger partial charge on any atom is 0.322 e. The second-order valence-corrected chi connectivity index (χ2v) is 7.94. The highest BCUT2D eigenvalue weighted by molar-refractivity contribution is 5.87. The third-order valence-corrected chi connectivity index (χ3v) is 5.86. The van der Waals surface area contributed by atoms with Gasteiger partial charge >= 0.3 is 6.03 Å². The van der Waals surface area contributed by atoms with Crippen LogP contribution in [-0.4, -0.2) is 39.8 Å². The van der Waals surface area contributed by atoms with Crippen molar-refractivity contribution in [1.82, 2.24) is 20.4 Å². The fraction of sp³-hybridized carbons (Fsp3) is 0.320. The summed E-state index contributed by atoms with van der Waals surface area (Å²) in [6.45, 7) is 6.55. The predicted molar refractivity (Wildman–Crippen MR) is 125 cm³/mol. The number of aromatic nitrogens is 2. The Morgan fingerprint density at radius 3 is 2.58 bits per heavy atom. The highest BCUT2D eigenvalue weighted by Gasteiger charge is 2.35. The topological polar surface area (TPSA) is 101 Å². The Labute approximate surface area is 192 Å². The zero-order valence-corrected chi connectivity index (χ0v) is 19.3. The van der Waals surface area contributed by atoms with Crippen LogP contribution in [0.4, 0.5) is 4.79 Å². The number of amides is 2. The number of nitrogens with one attached hydrogen (secondary N) is 1. The first-order chi connectivity index (χ1) is 16.0. The molecule has 0 fully saturated rings. The SMILES string of the molecule is CCCN1C(=O)NC(c2ccc(OC)c(O)c2)C(c2nc(-c3ccc(CC)cc3)no2)=C1C. The fourth-order valence-electron chi connectivity index (χ4n) is 4.03. The van der Waals surface area contributed by atoms with Crippen molar-refractivity contribution >= 4 is 11.6 Å². The molecular weight excluding hydrogens is 420 g/mol. The molecule has 172 valence electrons. The molecule has 1 unspecified atom stereocenters. The Morgan fingerprint density at radius 2 is 1.94 bits per heavy atom. The normalized spacial score (nSPS) is 16.2. The number of phenols is 1. The van der Waals surface area contributed by atoms with Gasteiger partial charge in [-0.15, -0.1) is 0 Å². The van der Waals surface area contributed by atoms with Crippen LogP contribution in [0.2, 0.25) is 0 Å². The van der Waals surface area contributed by atoms with Crippen molar-refractivity contribution in [2.75, 3.05) is 13.7 Å². The first-order valence-electron chi connectivity index (χ1n) is 11.1. The Balaban J connectivity index is 1.79. The van der Waals surface area contributed by atoms with Crippen molar-refractivity contribution < 1.29 is 19.2 Å². The van der Waals surface area contributed by atoms with E-state index in [0.29, 0.717) is 35.1 Å². The minimum absolute atomic E-state index is 0.0144. The lowest BCUT2D eigenvalue weighted by molar-refractivity contribution is 0.205. The maximum absolute atomic E-state index is 12.9. The lowest BCUT2D eigenvalue weighted by Crippen LogP contribution is -2.46. The van der Waals surface area contributed by atoms with E-state index in [1.807, 2.05) is 38.1 Å². The molecule has 3 aromatic rings. The number of rotatable bonds is 7. The monoisotopic (exact) mass is 448 g/mol. The molecule has 1 atom stereocenters. The van der Waals surface area contributed by atoms with Gasteiger partial charge in [-0.25, -0.2) is 4.79 Å². The number of methoxy groups -OCH3 is 1. The van der Waals surface area contributed by atoms with Gasteiger partial charge in [-0.2, -0.15) is 4.98 Å². The smallest absolute Gasteiger partial charge is 0.322 e. The average molecular weight is 449 g/mol. The highest BCUT2D eigenvalue weighted by Crippen LogP contribution is 2.39. The molecule has 0 radical (unpaired) electrons. The van der Waals surface area contributed by atoms with Gasteiger partial charge in [0.1, 0.15) is 0 Å². The summed E-state index contributed by atoms with van der Waals surface area (Å²) in [5.74, 6) is 1.14. The molecule has 4 rings (SSSR count). The van der Waals surface area contributed by atoms with E-state index in [-0.39, 0.29) is 11.8 Å². The lowest BCUT2D eigenvalue weighted by atomic mass is 9.94. The summed E-state index contributed by atoms with van der Waals surface area (Å²) in [5.41, 5.74) is 4.18. The largest absolute Gasteiger partial charge is 0.504 e. The Bertz CT molecular complexity index is 1180. The van der Waals surface area contributed by atoms with Crippen LogP contribution in [-0.2, 0) is 6.42 Å². The van der Waals surface area contributed by atoms with Crippen LogP contribution in [0.25, 0.3) is 17.0 Å². The van der Waals surface area contributed by atoms with Gasteiger partial charge in [0.05, 0.1) is 18.7 Å². The van der Waals surface area contributed by atoms with Gasteiger partial charge in [-0.1, -0.05) is 49.3 Å². The molecule has 0 aliphatic carbocycles. The number of hydrogen-bond donors (Lipinski definition) is 2. The molecule has 0 saturated heterocycles. The van der Waals surface area contributed by atoms with Gasteiger partial charge in [0.25, 0.3) is 5.89 Å². The first-order valence-corrected chi connectivity index (χ1v) is 11.1. The number of aryl methyl sites for hydroxylation is 1. The second kappa shape index (κ2) is 9.36. The molecule has 1 aliphatic rings. The molecule has 2 amide bonds. The average Bonchev–Trinajstić information content (AvgIpc) is 3.31. The fourth-order valence-corrected chi connectivity index (χ4v) is 4.03. The standard InChI is InChI=1S/C25H28N4O4/c1-5-13-29-15(3)21(22(26-25(29)31)18-11-12-20(32-4)19(30)14-18)24-27-23(28-33-24)17-9-7-16(6-2)8-10-17/h7-12,14,22,30H,5-6,13H2,1-4H3,(H,26,31). The number of benzene rings is 2. The molecule has 0 bridgehead atoms. The molecule has 33 heavy (non-hydrogen) atoms. The molecule has 8 heteroatoms. The van der Waals surface area contributed by atoms with Crippen LogP contribution in [0.5, 0.6) is 11.5 Å². The van der Waals surface area contributed by atoms with Crippen molar-refractivity contribution in [3.05, 3.63) is 65.2 Å². The number of nitrogens with zero attached hydrogens (tertiary/aromatic N) is 3. The van der Waals surface area contributed by atoms with Crippen LogP contribution in [0.1, 0.15) is 50.3 Å². The van der Waals surface area contributed by atoms with Gasteiger partial charge in [0.15, 0.2) is 11.5 Å². The van der Waals surface area contributed by atoms with Crippen LogP contribution in [0.15, 0.2) is 52.7 Å². The van der Waals surface area contributed by atoms with E-state index < -0.39 is 6.04 Å². The summed E-state index contributed by atoms with van der Waals surface area (Å²) in [6, 6.07) is 12.3. The molecule has 2 N–H and O–H groups in total. The lowest BCUT2D eigenvalue weighted by Gasteiger charge is -2.35. The van der Waals surface area contributed by atoms with Crippen molar-refractivity contribution in [2.45, 2.75) is 39.7 Å². The highest BCUT2D eigenvalue weighted by atomic mass is 16.5. The minimum Gasteiger partial charge on any atom is -0.504 e. The number of ether oxygens (including phenoxy) is 1. The molecule has 2 heterocycles. The zero-order valence-electron chi connectivity index (χ0n) is 19.3. The predicted octanol–water partition coefficient (Wildman–Crippen LogP) is 4.92. The number of allylic oxidation sites excluding steroid dienone is 1. The first kappa shape index (κ1) is 22.4. The van der Waals surface area contributed by atoms with Crippen molar-refractivity contribution in [3.63, 3.8) is 0 Å². The van der Waals surface area contributed by atoms with E-state index in [4.69, 9.17) is 9.26 Å². The molecule has 1 aromatic heterocycles. The summed E-state index contributed by atoms with van der Waals surface area (Å²) in [5, 5.41) is 17.5. The number of urea groups is 1. The molecule has 2 aromatic carbocycles. The van der Waals surface area contributed by atoms with Gasteiger partial charge in [0, 0.05) is 17.8 Å². The van der Waals surface area contributed by atoms with Gasteiger partial charge in [0.2, 0.25) is 5.82 Å². The van der Waals surface area contributed by atoms with Crippen LogP contribution < -0.4 is 10.1 Å². The van der Waals surface area contributed by atoms with Gasteiger partial charge < -0.3 is 19.7 Å². The van der Waals surface area contributed by atoms with Gasteiger partial charge in [-0.05, 0) is 43.0 Å². The molecule has 0 spiro atoms. The van der Waals surface area contributed by atoms with E-state index in [1.165, 1.54) is 12.7 Å². The summed E-state index contributed by atoms with van der Waals surface area (Å²) < 4.78 is 10.9. The van der Waals surface area contributed by atoms with E-state index in [1.54, 1.807) is 23.1 Å². The zero-order chi connectivity index (χ0) is 23.5. The molecule has 0 saturated carbocycles. The van der Waals surface area contributed by atoms with Gasteiger partial charge in [-0.3, -0.25) is 4.90 Å². The molecule has 1 aliphatic heterocycles. The van der Waals surface area contributed by atoms with E-state index in [2.05, 4.69) is 22.4 Å². The Morgan fingerprint density at radius 1 is 1.18 bits per heavy atom. The summed E-state index contributed by atoms with van der Waals surface area (Å²) >= 11 is 0. The molecule has 8 nitrogen and oxygen atoms in total. The summed E-state index contributed by atoms with van der Waals surface area (Å²) in [7, 11) is 1.49. The quantitative estimate of drug-likeness (QED) is 0.532. The number of carbonyl (C=O) groups excluding carboxylic acids is 1. The third kappa shape index (κ3) is 4.28. The van der Waals surface area contributed by atoms with Crippen LogP contribution in [0, 0.1) is 0 Å². The van der Waals surface area contributed by atoms with Crippen molar-refractivity contribution in [1.29, 1.82) is 0 Å². The molecular formula is C25H28N4O4. The van der Waals surface area contributed by atoms with Crippen LogP contribution in [0.3, 0.4) is 0 Å². The Hall–Kier alpha value is -3.81. The maximum atomic E-state index is 12.9. The van der Waals surface area contributed by atoms with Crippen LogP contribution >= 0.6 is 0 Å². The third-order valence-electron chi connectivity index (χ3n) is 5.86. The Kier molecular flexibility index (Phi) is 6.35. The van der Waals surface area contributed by atoms with Crippen molar-refractivity contribution in [2.24, 2.45) is 0 Å². The van der Waals surface area contributed by atoms with E-state index in [0.717, 1.165) is 24.1 Å². The number of carbonyl (C=O) groups is 1. The van der Waals surface area contributed by atoms with E-state index >= 15 is 0 Å².